The molecule has 0 saturated carbocycles. The SMILES string of the molecule is Cc1ccc(N(C)CC2CN(C)CCN2)cc1Cl. The van der Waals surface area contributed by atoms with Crippen molar-refractivity contribution in [3.8, 4) is 0 Å². The van der Waals surface area contributed by atoms with Crippen LogP contribution in [0.5, 0.6) is 0 Å². The highest BCUT2D eigenvalue weighted by Gasteiger charge is 2.18. The summed E-state index contributed by atoms with van der Waals surface area (Å²) in [5, 5.41) is 4.40. The van der Waals surface area contributed by atoms with Gasteiger partial charge in [0, 0.05) is 50.0 Å². The number of rotatable bonds is 3. The van der Waals surface area contributed by atoms with Crippen molar-refractivity contribution in [3.05, 3.63) is 28.8 Å². The number of hydrogen-bond acceptors (Lipinski definition) is 3. The fourth-order valence-electron chi connectivity index (χ4n) is 2.37. The summed E-state index contributed by atoms with van der Waals surface area (Å²) in [6.07, 6.45) is 0. The average molecular weight is 268 g/mol. The summed E-state index contributed by atoms with van der Waals surface area (Å²) in [6, 6.07) is 6.78. The van der Waals surface area contributed by atoms with Gasteiger partial charge in [-0.3, -0.25) is 0 Å². The zero-order chi connectivity index (χ0) is 13.1. The van der Waals surface area contributed by atoms with Gasteiger partial charge in [0.1, 0.15) is 0 Å². The van der Waals surface area contributed by atoms with Crippen molar-refractivity contribution < 1.29 is 0 Å². The Kier molecular flexibility index (Phi) is 4.49. The zero-order valence-electron chi connectivity index (χ0n) is 11.4. The number of nitrogens with one attached hydrogen (secondary N) is 1. The minimum Gasteiger partial charge on any atom is -0.373 e. The third-order valence-corrected chi connectivity index (χ3v) is 3.96. The molecule has 1 saturated heterocycles. The van der Waals surface area contributed by atoms with Gasteiger partial charge in [-0.1, -0.05) is 17.7 Å². The van der Waals surface area contributed by atoms with Crippen LogP contribution in [0.25, 0.3) is 0 Å². The fraction of sp³-hybridized carbons (Fsp3) is 0.571. The molecule has 18 heavy (non-hydrogen) atoms. The number of anilines is 1. The second-order valence-electron chi connectivity index (χ2n) is 5.23. The summed E-state index contributed by atoms with van der Waals surface area (Å²) in [7, 11) is 4.30. The van der Waals surface area contributed by atoms with Crippen molar-refractivity contribution in [2.75, 3.05) is 45.2 Å². The molecule has 0 amide bonds. The summed E-state index contributed by atoms with van der Waals surface area (Å²) in [5.41, 5.74) is 2.31. The third-order valence-electron chi connectivity index (χ3n) is 3.55. The van der Waals surface area contributed by atoms with Crippen molar-refractivity contribution in [1.82, 2.24) is 10.2 Å². The van der Waals surface area contributed by atoms with E-state index < -0.39 is 0 Å². The topological polar surface area (TPSA) is 18.5 Å². The van der Waals surface area contributed by atoms with Crippen LogP contribution in [-0.2, 0) is 0 Å². The number of hydrogen-bond donors (Lipinski definition) is 1. The van der Waals surface area contributed by atoms with E-state index in [1.54, 1.807) is 0 Å². The molecule has 3 nitrogen and oxygen atoms in total. The first-order valence-electron chi connectivity index (χ1n) is 6.45. The molecule has 100 valence electrons. The molecule has 4 heteroatoms. The Morgan fingerprint density at radius 1 is 1.50 bits per heavy atom. The van der Waals surface area contributed by atoms with Crippen LogP contribution < -0.4 is 10.2 Å². The van der Waals surface area contributed by atoms with Gasteiger partial charge >= 0.3 is 0 Å². The molecule has 0 aromatic heterocycles. The minimum atomic E-state index is 0.522. The van der Waals surface area contributed by atoms with Gasteiger partial charge in [-0.2, -0.15) is 0 Å². The number of piperazine rings is 1. The Morgan fingerprint density at radius 3 is 2.94 bits per heavy atom. The molecule has 1 unspecified atom stereocenters. The average Bonchev–Trinajstić information content (AvgIpc) is 2.32. The smallest absolute Gasteiger partial charge is 0.0455 e. The Morgan fingerprint density at radius 2 is 2.28 bits per heavy atom. The maximum atomic E-state index is 6.17. The fourth-order valence-corrected chi connectivity index (χ4v) is 2.54. The van der Waals surface area contributed by atoms with Gasteiger partial charge in [-0.25, -0.2) is 0 Å². The molecule has 1 aromatic rings. The molecule has 0 bridgehead atoms. The normalized spacial score (nSPS) is 21.0. The van der Waals surface area contributed by atoms with Crippen molar-refractivity contribution in [2.45, 2.75) is 13.0 Å². The largest absolute Gasteiger partial charge is 0.373 e. The summed E-state index contributed by atoms with van der Waals surface area (Å²) in [6.45, 7) is 6.34. The highest BCUT2D eigenvalue weighted by Crippen LogP contribution is 2.22. The van der Waals surface area contributed by atoms with E-state index in [4.69, 9.17) is 11.6 Å². The van der Waals surface area contributed by atoms with E-state index in [1.807, 2.05) is 13.0 Å². The van der Waals surface area contributed by atoms with Gasteiger partial charge in [-0.15, -0.1) is 0 Å². The number of aryl methyl sites for hydroxylation is 1. The quantitative estimate of drug-likeness (QED) is 0.904. The molecule has 1 N–H and O–H groups in total. The second-order valence-corrected chi connectivity index (χ2v) is 5.63. The number of likely N-dealkylation sites (N-methyl/N-ethyl adjacent to an activating group) is 2. The van der Waals surface area contributed by atoms with Crippen LogP contribution in [0, 0.1) is 6.92 Å². The highest BCUT2D eigenvalue weighted by atomic mass is 35.5. The first kappa shape index (κ1) is 13.7. The lowest BCUT2D eigenvalue weighted by molar-refractivity contribution is 0.241. The maximum Gasteiger partial charge on any atom is 0.0455 e. The first-order chi connectivity index (χ1) is 8.56. The summed E-state index contributed by atoms with van der Waals surface area (Å²) in [4.78, 5) is 4.64. The van der Waals surface area contributed by atoms with Gasteiger partial charge in [0.15, 0.2) is 0 Å². The van der Waals surface area contributed by atoms with E-state index in [0.29, 0.717) is 6.04 Å². The first-order valence-corrected chi connectivity index (χ1v) is 6.83. The lowest BCUT2D eigenvalue weighted by Crippen LogP contribution is -2.53. The Hall–Kier alpha value is -0.770. The van der Waals surface area contributed by atoms with Crippen LogP contribution in [0.3, 0.4) is 0 Å². The monoisotopic (exact) mass is 267 g/mol. The zero-order valence-corrected chi connectivity index (χ0v) is 12.2. The molecule has 1 atom stereocenters. The molecular formula is C14H22ClN3. The van der Waals surface area contributed by atoms with E-state index in [-0.39, 0.29) is 0 Å². The second kappa shape index (κ2) is 5.91. The van der Waals surface area contributed by atoms with E-state index in [2.05, 4.69) is 41.3 Å². The van der Waals surface area contributed by atoms with Crippen molar-refractivity contribution in [2.24, 2.45) is 0 Å². The molecule has 1 fully saturated rings. The summed E-state index contributed by atoms with van der Waals surface area (Å²) in [5.74, 6) is 0. The maximum absolute atomic E-state index is 6.17. The highest BCUT2D eigenvalue weighted by molar-refractivity contribution is 6.31. The molecule has 1 aliphatic rings. The molecule has 1 heterocycles. The van der Waals surface area contributed by atoms with Crippen LogP contribution in [0.1, 0.15) is 5.56 Å². The molecule has 1 aromatic carbocycles. The van der Waals surface area contributed by atoms with Crippen LogP contribution >= 0.6 is 11.6 Å². The van der Waals surface area contributed by atoms with E-state index >= 15 is 0 Å². The molecule has 0 radical (unpaired) electrons. The minimum absolute atomic E-state index is 0.522. The van der Waals surface area contributed by atoms with Gasteiger partial charge in [0.2, 0.25) is 0 Å². The number of benzene rings is 1. The van der Waals surface area contributed by atoms with Crippen molar-refractivity contribution in [1.29, 1.82) is 0 Å². The van der Waals surface area contributed by atoms with Gasteiger partial charge in [-0.05, 0) is 31.7 Å². The van der Waals surface area contributed by atoms with Crippen LogP contribution in [-0.4, -0.2) is 51.2 Å². The van der Waals surface area contributed by atoms with Crippen molar-refractivity contribution >= 4 is 17.3 Å². The van der Waals surface area contributed by atoms with Crippen LogP contribution in [0.2, 0.25) is 5.02 Å². The third kappa shape index (κ3) is 3.37. The molecule has 2 rings (SSSR count). The Balaban J connectivity index is 1.98. The molecule has 1 aliphatic heterocycles. The summed E-state index contributed by atoms with van der Waals surface area (Å²) >= 11 is 6.17. The van der Waals surface area contributed by atoms with Gasteiger partial charge < -0.3 is 15.1 Å². The lowest BCUT2D eigenvalue weighted by atomic mass is 10.1. The van der Waals surface area contributed by atoms with E-state index in [1.165, 1.54) is 5.69 Å². The van der Waals surface area contributed by atoms with Crippen molar-refractivity contribution in [3.63, 3.8) is 0 Å². The molecule has 0 aliphatic carbocycles. The molecular weight excluding hydrogens is 246 g/mol. The van der Waals surface area contributed by atoms with Gasteiger partial charge in [0.05, 0.1) is 0 Å². The standard InChI is InChI=1S/C14H22ClN3/c1-11-4-5-13(8-14(11)15)18(3)10-12-9-17(2)7-6-16-12/h4-5,8,12,16H,6-7,9-10H2,1-3H3. The predicted octanol–water partition coefficient (Wildman–Crippen LogP) is 1.99. The molecule has 0 spiro atoms. The van der Waals surface area contributed by atoms with Crippen LogP contribution in [0.4, 0.5) is 5.69 Å². The summed E-state index contributed by atoms with van der Waals surface area (Å²) < 4.78 is 0. The van der Waals surface area contributed by atoms with Gasteiger partial charge in [0.25, 0.3) is 0 Å². The Bertz CT molecular complexity index is 408. The van der Waals surface area contributed by atoms with Crippen LogP contribution in [0.15, 0.2) is 18.2 Å². The number of halogens is 1. The lowest BCUT2D eigenvalue weighted by Gasteiger charge is -2.34. The Labute approximate surface area is 115 Å². The van der Waals surface area contributed by atoms with E-state index in [0.717, 1.165) is 36.8 Å². The number of nitrogens with zero attached hydrogens (tertiary/aromatic N) is 2. The predicted molar refractivity (Wildman–Crippen MR) is 78.7 cm³/mol. The van der Waals surface area contributed by atoms with E-state index in [9.17, 15) is 0 Å².